The third-order valence-corrected chi connectivity index (χ3v) is 2.62. The van der Waals surface area contributed by atoms with E-state index in [-0.39, 0.29) is 12.6 Å². The summed E-state index contributed by atoms with van der Waals surface area (Å²) in [6, 6.07) is 5.78. The molecule has 0 spiro atoms. The van der Waals surface area contributed by atoms with Crippen LogP contribution in [-0.4, -0.2) is 35.7 Å². The Morgan fingerprint density at radius 3 is 2.33 bits per heavy atom. The molecule has 0 aliphatic heterocycles. The summed E-state index contributed by atoms with van der Waals surface area (Å²) in [6.07, 6.45) is 0.875. The molecule has 2 amide bonds. The predicted molar refractivity (Wildman–Crippen MR) is 73.9 cm³/mol. The van der Waals surface area contributed by atoms with Gasteiger partial charge >= 0.3 is 6.03 Å². The number of aliphatic hydroxyl groups is 1. The van der Waals surface area contributed by atoms with Crippen molar-refractivity contribution in [1.82, 2.24) is 4.90 Å². The molecule has 0 saturated heterocycles. The number of rotatable bonds is 5. The van der Waals surface area contributed by atoms with E-state index in [4.69, 9.17) is 5.11 Å². The number of carbonyl (C=O) groups is 1. The van der Waals surface area contributed by atoms with Gasteiger partial charge in [-0.15, -0.1) is 0 Å². The highest BCUT2D eigenvalue weighted by molar-refractivity contribution is 5.89. The summed E-state index contributed by atoms with van der Waals surface area (Å²) in [4.78, 5) is 13.6. The van der Waals surface area contributed by atoms with E-state index in [1.807, 2.05) is 32.9 Å². The quantitative estimate of drug-likeness (QED) is 0.843. The number of benzene rings is 1. The fraction of sp³-hybridized carbons (Fsp3) is 0.500. The highest BCUT2D eigenvalue weighted by atomic mass is 16.3. The van der Waals surface area contributed by atoms with E-state index in [0.29, 0.717) is 13.1 Å². The van der Waals surface area contributed by atoms with Crippen LogP contribution in [0.15, 0.2) is 18.2 Å². The standard InChI is InChI=1S/C14H22N2O2/c1-4-5-16(6-7-17)14(18)15-13-9-11(2)8-12(3)10-13/h8-10,17H,4-7H2,1-3H3,(H,15,18). The summed E-state index contributed by atoms with van der Waals surface area (Å²) in [6.45, 7) is 7.01. The molecular formula is C14H22N2O2. The second-order valence-electron chi connectivity index (χ2n) is 4.52. The number of aliphatic hydroxyl groups excluding tert-OH is 1. The Balaban J connectivity index is 2.72. The maximum absolute atomic E-state index is 12.0. The van der Waals surface area contributed by atoms with Crippen LogP contribution < -0.4 is 5.32 Å². The fourth-order valence-electron chi connectivity index (χ4n) is 1.95. The molecule has 0 fully saturated rings. The van der Waals surface area contributed by atoms with Crippen molar-refractivity contribution >= 4 is 11.7 Å². The van der Waals surface area contributed by atoms with Gasteiger partial charge in [-0.1, -0.05) is 13.0 Å². The first-order valence-corrected chi connectivity index (χ1v) is 6.32. The molecular weight excluding hydrogens is 228 g/mol. The average Bonchev–Trinajstić information content (AvgIpc) is 2.27. The lowest BCUT2D eigenvalue weighted by atomic mass is 10.1. The van der Waals surface area contributed by atoms with E-state index in [1.165, 1.54) is 0 Å². The van der Waals surface area contributed by atoms with Gasteiger partial charge in [-0.3, -0.25) is 0 Å². The lowest BCUT2D eigenvalue weighted by molar-refractivity contribution is 0.188. The zero-order valence-electron chi connectivity index (χ0n) is 11.4. The Morgan fingerprint density at radius 2 is 1.83 bits per heavy atom. The summed E-state index contributed by atoms with van der Waals surface area (Å²) in [5.74, 6) is 0. The fourth-order valence-corrected chi connectivity index (χ4v) is 1.95. The Bertz CT molecular complexity index is 379. The summed E-state index contributed by atoms with van der Waals surface area (Å²) < 4.78 is 0. The van der Waals surface area contributed by atoms with Gasteiger partial charge < -0.3 is 15.3 Å². The van der Waals surface area contributed by atoms with Crippen LogP contribution in [0.25, 0.3) is 0 Å². The second-order valence-corrected chi connectivity index (χ2v) is 4.52. The first-order valence-electron chi connectivity index (χ1n) is 6.32. The molecule has 0 atom stereocenters. The van der Waals surface area contributed by atoms with Crippen LogP contribution >= 0.6 is 0 Å². The van der Waals surface area contributed by atoms with E-state index < -0.39 is 0 Å². The number of urea groups is 1. The summed E-state index contributed by atoms with van der Waals surface area (Å²) in [5.41, 5.74) is 3.04. The van der Waals surface area contributed by atoms with Crippen LogP contribution in [0.2, 0.25) is 0 Å². The summed E-state index contributed by atoms with van der Waals surface area (Å²) >= 11 is 0. The van der Waals surface area contributed by atoms with Crippen molar-refractivity contribution in [1.29, 1.82) is 0 Å². The van der Waals surface area contributed by atoms with Crippen molar-refractivity contribution in [2.75, 3.05) is 25.0 Å². The van der Waals surface area contributed by atoms with Crippen molar-refractivity contribution in [3.63, 3.8) is 0 Å². The maximum Gasteiger partial charge on any atom is 0.321 e. The van der Waals surface area contributed by atoms with E-state index in [1.54, 1.807) is 4.90 Å². The van der Waals surface area contributed by atoms with E-state index in [2.05, 4.69) is 11.4 Å². The molecule has 0 aliphatic rings. The number of anilines is 1. The van der Waals surface area contributed by atoms with Gasteiger partial charge in [0.2, 0.25) is 0 Å². The Kier molecular flexibility index (Phi) is 5.65. The topological polar surface area (TPSA) is 52.6 Å². The molecule has 0 aromatic heterocycles. The molecule has 4 nitrogen and oxygen atoms in total. The summed E-state index contributed by atoms with van der Waals surface area (Å²) in [7, 11) is 0. The first-order chi connectivity index (χ1) is 8.56. The number of hydrogen-bond acceptors (Lipinski definition) is 2. The number of carbonyl (C=O) groups excluding carboxylic acids is 1. The molecule has 18 heavy (non-hydrogen) atoms. The molecule has 100 valence electrons. The third-order valence-electron chi connectivity index (χ3n) is 2.62. The van der Waals surface area contributed by atoms with Crippen LogP contribution in [0.5, 0.6) is 0 Å². The normalized spacial score (nSPS) is 10.2. The van der Waals surface area contributed by atoms with Crippen LogP contribution in [-0.2, 0) is 0 Å². The van der Waals surface area contributed by atoms with Crippen molar-refractivity contribution in [2.24, 2.45) is 0 Å². The minimum absolute atomic E-state index is 0.0136. The summed E-state index contributed by atoms with van der Waals surface area (Å²) in [5, 5.41) is 11.8. The number of amides is 2. The lowest BCUT2D eigenvalue weighted by Crippen LogP contribution is -2.37. The van der Waals surface area contributed by atoms with Crippen LogP contribution in [0.1, 0.15) is 24.5 Å². The first kappa shape index (κ1) is 14.5. The van der Waals surface area contributed by atoms with Crippen molar-refractivity contribution in [3.8, 4) is 0 Å². The van der Waals surface area contributed by atoms with Gasteiger partial charge in [0.1, 0.15) is 0 Å². The van der Waals surface area contributed by atoms with E-state index >= 15 is 0 Å². The van der Waals surface area contributed by atoms with Crippen molar-refractivity contribution in [2.45, 2.75) is 27.2 Å². The van der Waals surface area contributed by atoms with Gasteiger partial charge in [-0.2, -0.15) is 0 Å². The Morgan fingerprint density at radius 1 is 1.22 bits per heavy atom. The maximum atomic E-state index is 12.0. The molecule has 1 rings (SSSR count). The monoisotopic (exact) mass is 250 g/mol. The molecule has 1 aromatic carbocycles. The molecule has 4 heteroatoms. The Labute approximate surface area is 109 Å². The van der Waals surface area contributed by atoms with Gasteiger partial charge in [0.15, 0.2) is 0 Å². The second kappa shape index (κ2) is 7.01. The minimum atomic E-state index is -0.157. The Hall–Kier alpha value is -1.55. The molecule has 2 N–H and O–H groups in total. The van der Waals surface area contributed by atoms with Crippen LogP contribution in [0.4, 0.5) is 10.5 Å². The van der Waals surface area contributed by atoms with Crippen LogP contribution in [0.3, 0.4) is 0 Å². The molecule has 0 unspecified atom stereocenters. The van der Waals surface area contributed by atoms with Crippen molar-refractivity contribution in [3.05, 3.63) is 29.3 Å². The molecule has 0 heterocycles. The number of hydrogen-bond donors (Lipinski definition) is 2. The largest absolute Gasteiger partial charge is 0.395 e. The van der Waals surface area contributed by atoms with E-state index in [9.17, 15) is 4.79 Å². The lowest BCUT2D eigenvalue weighted by Gasteiger charge is -2.21. The van der Waals surface area contributed by atoms with Gasteiger partial charge in [0, 0.05) is 18.8 Å². The molecule has 0 bridgehead atoms. The molecule has 0 radical (unpaired) electrons. The number of aryl methyl sites for hydroxylation is 2. The van der Waals surface area contributed by atoms with Crippen molar-refractivity contribution < 1.29 is 9.90 Å². The van der Waals surface area contributed by atoms with Gasteiger partial charge in [0.05, 0.1) is 6.61 Å². The molecule has 1 aromatic rings. The van der Waals surface area contributed by atoms with Gasteiger partial charge in [-0.05, 0) is 43.5 Å². The third kappa shape index (κ3) is 4.37. The SMILES string of the molecule is CCCN(CCO)C(=O)Nc1cc(C)cc(C)c1. The minimum Gasteiger partial charge on any atom is -0.395 e. The van der Waals surface area contributed by atoms with Gasteiger partial charge in [-0.25, -0.2) is 4.79 Å². The van der Waals surface area contributed by atoms with Gasteiger partial charge in [0.25, 0.3) is 0 Å². The zero-order chi connectivity index (χ0) is 13.5. The highest BCUT2D eigenvalue weighted by Gasteiger charge is 2.12. The highest BCUT2D eigenvalue weighted by Crippen LogP contribution is 2.14. The van der Waals surface area contributed by atoms with Crippen LogP contribution in [0, 0.1) is 13.8 Å². The number of nitrogens with one attached hydrogen (secondary N) is 1. The smallest absolute Gasteiger partial charge is 0.321 e. The number of nitrogens with zero attached hydrogens (tertiary/aromatic N) is 1. The predicted octanol–water partition coefficient (Wildman–Crippen LogP) is 2.54. The zero-order valence-corrected chi connectivity index (χ0v) is 11.4. The van der Waals surface area contributed by atoms with E-state index in [0.717, 1.165) is 23.2 Å². The molecule has 0 saturated carbocycles. The average molecular weight is 250 g/mol. The molecule has 0 aliphatic carbocycles.